The topological polar surface area (TPSA) is 356 Å². The van der Waals surface area contributed by atoms with Gasteiger partial charge >= 0.3 is 0 Å². The third-order valence-electron chi connectivity index (χ3n) is 24.5. The van der Waals surface area contributed by atoms with Crippen molar-refractivity contribution in [2.75, 3.05) is 0 Å². The predicted molar refractivity (Wildman–Crippen MR) is 571 cm³/mol. The van der Waals surface area contributed by atoms with E-state index in [1.165, 1.54) is 52.0 Å². The fraction of sp³-hybridized carbons (Fsp3) is 0.261. The number of para-hydroxylation sites is 4. The van der Waals surface area contributed by atoms with E-state index in [0.717, 1.165) is 245 Å². The number of rotatable bonds is 20. The van der Waals surface area contributed by atoms with E-state index in [-0.39, 0.29) is 150 Å². The maximum absolute atomic E-state index is 11.7. The maximum Gasteiger partial charge on any atom is 0.216 e. The minimum absolute atomic E-state index is 0. The molecule has 0 spiro atoms. The number of carbonyl (C=O) groups is 4. The molecule has 0 fully saturated rings. The first-order valence-electron chi connectivity index (χ1n) is 48.2. The van der Waals surface area contributed by atoms with Gasteiger partial charge in [-0.3, -0.25) is 39.1 Å². The maximum atomic E-state index is 11.7. The first kappa shape index (κ1) is 117. The number of nitrogens with zero attached hydrogens (tertiary/aromatic N) is 12. The van der Waals surface area contributed by atoms with E-state index in [1.54, 1.807) is 25.3 Å². The molecule has 4 radical (unpaired) electrons. The molecule has 28 heteroatoms. The summed E-state index contributed by atoms with van der Waals surface area (Å²) in [4.78, 5) is 97.0. The van der Waals surface area contributed by atoms with Crippen LogP contribution in [0, 0.1) is 96.4 Å². The van der Waals surface area contributed by atoms with Crippen molar-refractivity contribution in [1.82, 2.24) is 59.8 Å². The van der Waals surface area contributed by atoms with Crippen LogP contribution in [0.3, 0.4) is 0 Å². The Bertz CT molecular complexity index is 7610. The largest absolute Gasteiger partial charge is 0.512 e. The fourth-order valence-electron chi connectivity index (χ4n) is 17.1. The van der Waals surface area contributed by atoms with E-state index in [2.05, 4.69) is 120 Å². The molecule has 8 aromatic carbocycles. The van der Waals surface area contributed by atoms with Crippen LogP contribution in [-0.2, 0) is 99.6 Å². The Morgan fingerprint density at radius 2 is 0.537 bits per heavy atom. The van der Waals surface area contributed by atoms with Gasteiger partial charge in [-0.15, -0.1) is 71.3 Å². The van der Waals surface area contributed by atoms with E-state index in [4.69, 9.17) is 27.9 Å². The van der Waals surface area contributed by atoms with Crippen LogP contribution in [0.15, 0.2) is 266 Å². The quantitative estimate of drug-likeness (QED) is 0.0313. The summed E-state index contributed by atoms with van der Waals surface area (Å²) in [6, 6.07) is 71.8. The number of allylic oxidation sites excluding steroid dienone is 8. The Labute approximate surface area is 909 Å². The van der Waals surface area contributed by atoms with E-state index >= 15 is 0 Å². The number of fused-ring (bicyclic) bond motifs is 16. The van der Waals surface area contributed by atoms with Gasteiger partial charge in [0.15, 0.2) is 23.1 Å². The second-order valence-corrected chi connectivity index (χ2v) is 35.2. The van der Waals surface area contributed by atoms with Crippen LogP contribution in [0.5, 0.6) is 0 Å². The van der Waals surface area contributed by atoms with Gasteiger partial charge < -0.3 is 38.1 Å². The molecule has 0 aliphatic carbocycles. The number of furan rings is 4. The van der Waals surface area contributed by atoms with Crippen molar-refractivity contribution in [3.8, 4) is 45.0 Å². The van der Waals surface area contributed by atoms with Crippen LogP contribution in [0.4, 0.5) is 0 Å². The zero-order valence-electron chi connectivity index (χ0n) is 85.6. The Balaban J connectivity index is 0.000000192. The number of hydrogen-bond acceptors (Lipinski definition) is 24. The summed E-state index contributed by atoms with van der Waals surface area (Å²) in [7, 11) is 0. The third-order valence-corrected chi connectivity index (χ3v) is 24.5. The summed E-state index contributed by atoms with van der Waals surface area (Å²) < 4.78 is 24.4. The van der Waals surface area contributed by atoms with Crippen LogP contribution in [0.25, 0.3) is 177 Å². The number of benzene rings is 8. The van der Waals surface area contributed by atoms with Crippen molar-refractivity contribution in [3.05, 3.63) is 312 Å². The number of ketones is 4. The molecule has 24 nitrogen and oxygen atoms in total. The number of pyridine rings is 4. The number of aryl methyl sites for hydroxylation is 7. The Morgan fingerprint density at radius 1 is 0.293 bits per heavy atom. The molecule has 20 aromatic rings. The molecule has 147 heavy (non-hydrogen) atoms. The normalized spacial score (nSPS) is 11.4. The average molecular weight is 2680 g/mol. The van der Waals surface area contributed by atoms with E-state index in [1.807, 2.05) is 243 Å². The second kappa shape index (κ2) is 54.7. The number of aliphatic hydroxyl groups is 4. The van der Waals surface area contributed by atoms with Gasteiger partial charge in [0, 0.05) is 195 Å². The molecule has 0 aliphatic rings. The zero-order chi connectivity index (χ0) is 102. The van der Waals surface area contributed by atoms with Crippen molar-refractivity contribution in [2.24, 2.45) is 23.7 Å². The second-order valence-electron chi connectivity index (χ2n) is 35.2. The molecule has 0 atom stereocenters. The van der Waals surface area contributed by atoms with E-state index in [0.29, 0.717) is 22.9 Å². The van der Waals surface area contributed by atoms with Gasteiger partial charge in [0.05, 0.1) is 67.4 Å². The molecule has 12 aromatic heterocycles. The molecule has 0 unspecified atom stereocenters. The van der Waals surface area contributed by atoms with Crippen molar-refractivity contribution in [2.45, 2.75) is 183 Å². The molecule has 0 amide bonds. The van der Waals surface area contributed by atoms with E-state index in [9.17, 15) is 29.4 Å². The molecule has 0 aliphatic heterocycles. The number of aromatic nitrogens is 12. The first-order chi connectivity index (χ1) is 68.9. The van der Waals surface area contributed by atoms with Gasteiger partial charge in [-0.2, -0.15) is 0 Å². The van der Waals surface area contributed by atoms with Crippen LogP contribution in [0.1, 0.15) is 174 Å². The van der Waals surface area contributed by atoms with Crippen LogP contribution in [0.2, 0.25) is 0 Å². The van der Waals surface area contributed by atoms with Crippen molar-refractivity contribution < 1.29 is 138 Å². The van der Waals surface area contributed by atoms with Gasteiger partial charge in [0.25, 0.3) is 0 Å². The minimum atomic E-state index is -0.125. The van der Waals surface area contributed by atoms with Crippen molar-refractivity contribution in [3.63, 3.8) is 0 Å². The van der Waals surface area contributed by atoms with Gasteiger partial charge in [-0.05, 0) is 201 Å². The molecule has 0 saturated carbocycles. The molecular weight excluding hydrogens is 2560 g/mol. The standard InChI is InChI=1S/3C21H14N3O.C20H12N3O.2C13H24O2.2C5H8O2.4Ir/c3*1-12-9-16-14-8-7-13(2)24-21(14)25-20(16)17(10-12)19-15-5-3-4-6-18(15)22-11-23-19;1-12-9-10-14-13-6-4-7-16(19(13)24-20(14)23-12)18-15-5-2-3-8-17(15)21-11-22-18;2*1-5-10(6-2)12(14)9-13(15)11(7-3)8-4;2*1-4(6)3-5(2)7;;;;/h3*3-9,11H,1-2H3;2-6,8-11H,1H3;2*9-11,14H,5-8H2,1-4H3;2*3,6H,1-2H3;;;;/q4*-1;;;;;;;;. The summed E-state index contributed by atoms with van der Waals surface area (Å²) in [6.45, 7) is 35.8. The fourth-order valence-corrected chi connectivity index (χ4v) is 17.1. The minimum Gasteiger partial charge on any atom is -0.512 e. The Kier molecular flexibility index (Phi) is 43.5. The van der Waals surface area contributed by atoms with Gasteiger partial charge in [0.1, 0.15) is 25.3 Å². The molecule has 12 heterocycles. The monoisotopic (exact) mass is 2680 g/mol. The SMILES string of the molecule is CC(=O)C=C(C)O.CC(=O)C=C(C)O.CCC(CC)C(=O)C=C(O)C(CC)CC.CCC(CC)C(=O)C=C(O)C(CC)CC.Cc1[c-]c(-c2ncnc3ccccc23)c2oc3nc(C)ccc3c2c1.Cc1[c-]c(-c2ncnc3ccccc23)c2oc3nc(C)ccc3c2c1.Cc1[c-]c(-c2ncnc3ccccc23)c2oc3nc(C)ccc3c2c1.Cc1ccc2c(n1)oc1c(-c3ncnc4ccccc34)[c-]ccc12.[Ir].[Ir].[Ir].[Ir]. The van der Waals surface area contributed by atoms with Crippen LogP contribution in [-0.4, -0.2) is 103 Å². The van der Waals surface area contributed by atoms with Gasteiger partial charge in [-0.25, -0.2) is 39.9 Å². The number of carbonyl (C=O) groups excluding carboxylic acids is 4. The molecular formula is C119H118Ir4N12O12-4. The van der Waals surface area contributed by atoms with Gasteiger partial charge in [0.2, 0.25) is 22.9 Å². The van der Waals surface area contributed by atoms with Crippen LogP contribution < -0.4 is 0 Å². The number of hydrogen-bond donors (Lipinski definition) is 4. The summed E-state index contributed by atoms with van der Waals surface area (Å²) in [6.07, 6.45) is 18.5. The molecule has 766 valence electrons. The molecule has 4 N–H and O–H groups in total. The number of aliphatic hydroxyl groups excluding tert-OH is 4. The Morgan fingerprint density at radius 3 is 0.782 bits per heavy atom. The molecule has 0 saturated heterocycles. The van der Waals surface area contributed by atoms with Crippen LogP contribution >= 0.6 is 0 Å². The molecule has 0 bridgehead atoms. The Hall–Kier alpha value is -13.6. The van der Waals surface area contributed by atoms with E-state index < -0.39 is 0 Å². The van der Waals surface area contributed by atoms with Crippen molar-refractivity contribution in [1.29, 1.82) is 0 Å². The van der Waals surface area contributed by atoms with Gasteiger partial charge in [-0.1, -0.05) is 193 Å². The summed E-state index contributed by atoms with van der Waals surface area (Å²) in [5, 5.41) is 48.4. The summed E-state index contributed by atoms with van der Waals surface area (Å²) in [5.74, 6) is 0.970. The summed E-state index contributed by atoms with van der Waals surface area (Å²) >= 11 is 0. The zero-order valence-corrected chi connectivity index (χ0v) is 95.2. The van der Waals surface area contributed by atoms with Crippen molar-refractivity contribution >= 4 is 155 Å². The smallest absolute Gasteiger partial charge is 0.216 e. The first-order valence-corrected chi connectivity index (χ1v) is 48.2. The third kappa shape index (κ3) is 28.6. The average Bonchev–Trinajstić information content (AvgIpc) is 1.63. The summed E-state index contributed by atoms with van der Waals surface area (Å²) in [5.41, 5.74) is 22.8. The predicted octanol–water partition coefficient (Wildman–Crippen LogP) is 29.5. The molecule has 20 rings (SSSR count).